The van der Waals surface area contributed by atoms with Crippen molar-refractivity contribution in [1.29, 1.82) is 0 Å². The summed E-state index contributed by atoms with van der Waals surface area (Å²) in [6, 6.07) is 7.98. The maximum atomic E-state index is 11.1. The number of aromatic amines is 2. The van der Waals surface area contributed by atoms with Gasteiger partial charge in [-0.05, 0) is 37.1 Å². The predicted octanol–water partition coefficient (Wildman–Crippen LogP) is 3.13. The Kier molecular flexibility index (Phi) is 4.15. The highest BCUT2D eigenvalue weighted by Gasteiger charge is 2.23. The third-order valence-electron chi connectivity index (χ3n) is 5.22. The molecule has 5 N–H and O–H groups in total. The fraction of sp³-hybridized carbons (Fsp3) is 0.263. The summed E-state index contributed by atoms with van der Waals surface area (Å²) in [7, 11) is 0. The number of anilines is 3. The van der Waals surface area contributed by atoms with Crippen molar-refractivity contribution >= 4 is 45.5 Å². The van der Waals surface area contributed by atoms with E-state index in [1.165, 1.54) is 4.90 Å². The zero-order valence-electron chi connectivity index (χ0n) is 15.5. The van der Waals surface area contributed by atoms with Crippen molar-refractivity contribution in [3.05, 3.63) is 36.7 Å². The van der Waals surface area contributed by atoms with E-state index in [1.807, 2.05) is 30.5 Å². The molecule has 3 aromatic heterocycles. The number of piperidine rings is 1. The van der Waals surface area contributed by atoms with Crippen LogP contribution in [0.1, 0.15) is 12.8 Å². The number of amides is 1. The molecule has 1 aliphatic heterocycles. The molecule has 0 saturated carbocycles. The van der Waals surface area contributed by atoms with Gasteiger partial charge in [0.25, 0.3) is 0 Å². The molecule has 0 atom stereocenters. The molecule has 4 heterocycles. The molecule has 5 rings (SSSR count). The van der Waals surface area contributed by atoms with Gasteiger partial charge in [0.15, 0.2) is 0 Å². The van der Waals surface area contributed by atoms with E-state index >= 15 is 0 Å². The first kappa shape index (κ1) is 17.3. The van der Waals surface area contributed by atoms with Crippen LogP contribution in [0.15, 0.2) is 36.7 Å². The SMILES string of the molecule is O=C(O)N1CCC(Nc2nc(Nc3ccc4cn[nH]c4c3)nc3[nH]ccc23)CC1. The van der Waals surface area contributed by atoms with E-state index in [0.29, 0.717) is 19.0 Å². The van der Waals surface area contributed by atoms with Crippen molar-refractivity contribution < 1.29 is 9.90 Å². The smallest absolute Gasteiger partial charge is 0.407 e. The second kappa shape index (κ2) is 6.97. The van der Waals surface area contributed by atoms with Gasteiger partial charge in [0.1, 0.15) is 11.5 Å². The summed E-state index contributed by atoms with van der Waals surface area (Å²) in [5.41, 5.74) is 2.52. The van der Waals surface area contributed by atoms with Crippen LogP contribution in [0.4, 0.5) is 22.2 Å². The third kappa shape index (κ3) is 3.40. The number of carboxylic acid groups (broad SMARTS) is 1. The summed E-state index contributed by atoms with van der Waals surface area (Å²) in [6.07, 6.45) is 4.22. The molecule has 1 amide bonds. The maximum absolute atomic E-state index is 11.1. The minimum Gasteiger partial charge on any atom is -0.465 e. The van der Waals surface area contributed by atoms with Crippen molar-refractivity contribution in [3.8, 4) is 0 Å². The van der Waals surface area contributed by atoms with Crippen molar-refractivity contribution in [2.24, 2.45) is 0 Å². The van der Waals surface area contributed by atoms with E-state index in [2.05, 4.69) is 35.8 Å². The number of aromatic nitrogens is 5. The van der Waals surface area contributed by atoms with Gasteiger partial charge in [0, 0.05) is 36.4 Å². The predicted molar refractivity (Wildman–Crippen MR) is 110 cm³/mol. The molecule has 148 valence electrons. The fourth-order valence-electron chi connectivity index (χ4n) is 3.66. The molecule has 4 aromatic rings. The quantitative estimate of drug-likeness (QED) is 0.360. The highest BCUT2D eigenvalue weighted by Crippen LogP contribution is 2.26. The first-order valence-electron chi connectivity index (χ1n) is 9.45. The molecule has 1 aromatic carbocycles. The molecule has 0 spiro atoms. The molecular weight excluding hydrogens is 372 g/mol. The normalized spacial score (nSPS) is 15.1. The summed E-state index contributed by atoms with van der Waals surface area (Å²) >= 11 is 0. The van der Waals surface area contributed by atoms with Crippen LogP contribution in [0.3, 0.4) is 0 Å². The summed E-state index contributed by atoms with van der Waals surface area (Å²) in [5.74, 6) is 1.21. The Morgan fingerprint density at radius 2 is 2.07 bits per heavy atom. The van der Waals surface area contributed by atoms with E-state index in [-0.39, 0.29) is 6.04 Å². The lowest BCUT2D eigenvalue weighted by Crippen LogP contribution is -2.41. The van der Waals surface area contributed by atoms with Crippen molar-refractivity contribution in [1.82, 2.24) is 30.0 Å². The van der Waals surface area contributed by atoms with Gasteiger partial charge in [-0.25, -0.2) is 4.79 Å². The highest BCUT2D eigenvalue weighted by molar-refractivity contribution is 5.89. The van der Waals surface area contributed by atoms with Crippen molar-refractivity contribution in [2.45, 2.75) is 18.9 Å². The zero-order valence-corrected chi connectivity index (χ0v) is 15.5. The number of nitrogens with zero attached hydrogens (tertiary/aromatic N) is 4. The van der Waals surface area contributed by atoms with E-state index < -0.39 is 6.09 Å². The van der Waals surface area contributed by atoms with Gasteiger partial charge in [0.05, 0.1) is 17.1 Å². The maximum Gasteiger partial charge on any atom is 0.407 e. The lowest BCUT2D eigenvalue weighted by atomic mass is 10.1. The first-order chi connectivity index (χ1) is 14.2. The number of hydrogen-bond acceptors (Lipinski definition) is 6. The highest BCUT2D eigenvalue weighted by atomic mass is 16.4. The summed E-state index contributed by atoms with van der Waals surface area (Å²) in [4.78, 5) is 24.9. The van der Waals surface area contributed by atoms with E-state index in [0.717, 1.165) is 46.3 Å². The van der Waals surface area contributed by atoms with Crippen LogP contribution >= 0.6 is 0 Å². The summed E-state index contributed by atoms with van der Waals surface area (Å²) < 4.78 is 0. The third-order valence-corrected chi connectivity index (χ3v) is 5.22. The Bertz CT molecular complexity index is 1180. The van der Waals surface area contributed by atoms with Gasteiger partial charge >= 0.3 is 6.09 Å². The van der Waals surface area contributed by atoms with Gasteiger partial charge in [-0.15, -0.1) is 0 Å². The van der Waals surface area contributed by atoms with Gasteiger partial charge in [-0.1, -0.05) is 0 Å². The standard InChI is InChI=1S/C19H20N8O2/c28-19(29)27-7-4-12(5-8-27)22-17-14-3-6-20-16(14)24-18(25-17)23-13-2-1-11-10-21-26-15(11)9-13/h1-3,6,9-10,12H,4-5,7-8H2,(H,21,26)(H,28,29)(H3,20,22,23,24,25). The number of likely N-dealkylation sites (tertiary alicyclic amines) is 1. The van der Waals surface area contributed by atoms with Gasteiger partial charge in [-0.2, -0.15) is 15.1 Å². The van der Waals surface area contributed by atoms with Gasteiger partial charge in [0.2, 0.25) is 5.95 Å². The molecule has 0 unspecified atom stereocenters. The van der Waals surface area contributed by atoms with E-state index in [9.17, 15) is 4.79 Å². The Labute approximate surface area is 165 Å². The number of benzene rings is 1. The second-order valence-corrected chi connectivity index (χ2v) is 7.12. The zero-order chi connectivity index (χ0) is 19.8. The van der Waals surface area contributed by atoms with Gasteiger partial charge in [-0.3, -0.25) is 5.10 Å². The number of fused-ring (bicyclic) bond motifs is 2. The minimum absolute atomic E-state index is 0.160. The molecule has 10 nitrogen and oxygen atoms in total. The first-order valence-corrected chi connectivity index (χ1v) is 9.45. The number of hydrogen-bond donors (Lipinski definition) is 5. The van der Waals surface area contributed by atoms with Crippen LogP contribution in [0.2, 0.25) is 0 Å². The lowest BCUT2D eigenvalue weighted by molar-refractivity contribution is 0.134. The minimum atomic E-state index is -0.862. The molecule has 0 aliphatic carbocycles. The average molecular weight is 392 g/mol. The second-order valence-electron chi connectivity index (χ2n) is 7.12. The molecular formula is C19H20N8O2. The van der Waals surface area contributed by atoms with E-state index in [1.54, 1.807) is 6.20 Å². The molecule has 0 bridgehead atoms. The van der Waals surface area contributed by atoms with Crippen LogP contribution in [0, 0.1) is 0 Å². The molecule has 10 heteroatoms. The number of nitrogens with one attached hydrogen (secondary N) is 4. The Morgan fingerprint density at radius 3 is 2.90 bits per heavy atom. The number of rotatable bonds is 4. The van der Waals surface area contributed by atoms with Gasteiger partial charge < -0.3 is 25.6 Å². The van der Waals surface area contributed by atoms with Crippen molar-refractivity contribution in [2.75, 3.05) is 23.7 Å². The Morgan fingerprint density at radius 1 is 1.21 bits per heavy atom. The topological polar surface area (TPSA) is 135 Å². The Hall–Kier alpha value is -3.82. The monoisotopic (exact) mass is 392 g/mol. The van der Waals surface area contributed by atoms with E-state index in [4.69, 9.17) is 5.11 Å². The van der Waals surface area contributed by atoms with Crippen LogP contribution in [0.5, 0.6) is 0 Å². The Balaban J connectivity index is 1.39. The van der Waals surface area contributed by atoms with Crippen LogP contribution in [0.25, 0.3) is 21.9 Å². The van der Waals surface area contributed by atoms with Crippen LogP contribution in [-0.4, -0.2) is 60.4 Å². The molecule has 1 saturated heterocycles. The number of carbonyl (C=O) groups is 1. The molecule has 1 aliphatic rings. The van der Waals surface area contributed by atoms with Crippen molar-refractivity contribution in [3.63, 3.8) is 0 Å². The fourth-order valence-corrected chi connectivity index (χ4v) is 3.66. The average Bonchev–Trinajstić information content (AvgIpc) is 3.37. The summed E-state index contributed by atoms with van der Waals surface area (Å²) in [5, 5.41) is 24.8. The van der Waals surface area contributed by atoms with Crippen LogP contribution < -0.4 is 10.6 Å². The largest absolute Gasteiger partial charge is 0.465 e. The number of H-pyrrole nitrogens is 2. The molecule has 1 fully saturated rings. The lowest BCUT2D eigenvalue weighted by Gasteiger charge is -2.30. The molecule has 0 radical (unpaired) electrons. The molecule has 29 heavy (non-hydrogen) atoms. The summed E-state index contributed by atoms with van der Waals surface area (Å²) in [6.45, 7) is 1.04. The van der Waals surface area contributed by atoms with Crippen LogP contribution in [-0.2, 0) is 0 Å².